The van der Waals surface area contributed by atoms with Gasteiger partial charge in [0.05, 0.1) is 6.21 Å². The number of oxime groups is 1. The van der Waals surface area contributed by atoms with Crippen LogP contribution in [-0.2, 0) is 6.61 Å². The summed E-state index contributed by atoms with van der Waals surface area (Å²) >= 11 is 0. The van der Waals surface area contributed by atoms with E-state index >= 15 is 0 Å². The minimum absolute atomic E-state index is 0.264. The molecule has 92 valence electrons. The number of halogens is 1. The van der Waals surface area contributed by atoms with Crippen LogP contribution < -0.4 is 4.74 Å². The van der Waals surface area contributed by atoms with Crippen LogP contribution in [0.3, 0.4) is 0 Å². The molecular weight excluding hydrogens is 233 g/mol. The smallest absolute Gasteiger partial charge is 0.123 e. The molecule has 0 saturated heterocycles. The second-order valence-corrected chi connectivity index (χ2v) is 3.73. The van der Waals surface area contributed by atoms with Crippen molar-refractivity contribution in [1.29, 1.82) is 0 Å². The molecule has 2 aromatic carbocycles. The van der Waals surface area contributed by atoms with E-state index in [9.17, 15) is 4.39 Å². The number of rotatable bonds is 4. The van der Waals surface area contributed by atoms with Gasteiger partial charge in [-0.3, -0.25) is 0 Å². The van der Waals surface area contributed by atoms with Crippen molar-refractivity contribution in [2.24, 2.45) is 5.16 Å². The first-order valence-electron chi connectivity index (χ1n) is 5.42. The number of ether oxygens (including phenoxy) is 1. The predicted molar refractivity (Wildman–Crippen MR) is 66.6 cm³/mol. The maximum Gasteiger partial charge on any atom is 0.123 e. The molecule has 1 N–H and O–H groups in total. The van der Waals surface area contributed by atoms with E-state index in [0.29, 0.717) is 12.4 Å². The molecule has 0 fully saturated rings. The fraction of sp³-hybridized carbons (Fsp3) is 0.0714. The zero-order valence-electron chi connectivity index (χ0n) is 9.58. The Bertz CT molecular complexity index is 538. The zero-order valence-corrected chi connectivity index (χ0v) is 9.58. The summed E-state index contributed by atoms with van der Waals surface area (Å²) in [4.78, 5) is 0. The molecule has 18 heavy (non-hydrogen) atoms. The van der Waals surface area contributed by atoms with Crippen molar-refractivity contribution in [2.75, 3.05) is 0 Å². The Hall–Kier alpha value is -2.36. The minimum atomic E-state index is -0.264. The Kier molecular flexibility index (Phi) is 3.91. The average Bonchev–Trinajstić information content (AvgIpc) is 2.39. The van der Waals surface area contributed by atoms with Crippen molar-refractivity contribution in [2.45, 2.75) is 6.61 Å². The maximum absolute atomic E-state index is 12.7. The highest BCUT2D eigenvalue weighted by Crippen LogP contribution is 2.14. The van der Waals surface area contributed by atoms with Crippen LogP contribution in [0, 0.1) is 5.82 Å². The molecule has 0 spiro atoms. The molecule has 0 bridgehead atoms. The van der Waals surface area contributed by atoms with Gasteiger partial charge in [0.25, 0.3) is 0 Å². The standard InChI is InChI=1S/C14H12FNO2/c15-13-6-4-11(5-7-13)10-18-14-3-1-2-12(8-14)9-16-17/h1-9,17H,10H2/b16-9+. The first-order chi connectivity index (χ1) is 8.78. The van der Waals surface area contributed by atoms with Crippen molar-refractivity contribution >= 4 is 6.21 Å². The van der Waals surface area contributed by atoms with Gasteiger partial charge in [0.1, 0.15) is 18.2 Å². The van der Waals surface area contributed by atoms with Gasteiger partial charge in [-0.15, -0.1) is 0 Å². The Morgan fingerprint density at radius 1 is 1.17 bits per heavy atom. The van der Waals surface area contributed by atoms with Crippen LogP contribution in [0.2, 0.25) is 0 Å². The molecule has 0 saturated carbocycles. The Morgan fingerprint density at radius 2 is 1.94 bits per heavy atom. The lowest BCUT2D eigenvalue weighted by Crippen LogP contribution is -1.96. The quantitative estimate of drug-likeness (QED) is 0.510. The van der Waals surface area contributed by atoms with E-state index in [0.717, 1.165) is 11.1 Å². The zero-order chi connectivity index (χ0) is 12.8. The van der Waals surface area contributed by atoms with Crippen molar-refractivity contribution in [3.63, 3.8) is 0 Å². The summed E-state index contributed by atoms with van der Waals surface area (Å²) in [6, 6.07) is 13.3. The first-order valence-corrected chi connectivity index (χ1v) is 5.42. The summed E-state index contributed by atoms with van der Waals surface area (Å²) in [5, 5.41) is 11.4. The molecule has 0 amide bonds. The highest BCUT2D eigenvalue weighted by molar-refractivity contribution is 5.79. The maximum atomic E-state index is 12.7. The Balaban J connectivity index is 2.01. The lowest BCUT2D eigenvalue weighted by Gasteiger charge is -2.06. The van der Waals surface area contributed by atoms with Crippen LogP contribution in [0.25, 0.3) is 0 Å². The molecule has 0 aliphatic heterocycles. The number of hydrogen-bond donors (Lipinski definition) is 1. The summed E-state index contributed by atoms with van der Waals surface area (Å²) in [5.74, 6) is 0.400. The van der Waals surface area contributed by atoms with E-state index in [-0.39, 0.29) is 5.82 Å². The molecule has 0 radical (unpaired) electrons. The van der Waals surface area contributed by atoms with E-state index < -0.39 is 0 Å². The van der Waals surface area contributed by atoms with Crippen LogP contribution in [-0.4, -0.2) is 11.4 Å². The Morgan fingerprint density at radius 3 is 2.67 bits per heavy atom. The lowest BCUT2D eigenvalue weighted by atomic mass is 10.2. The van der Waals surface area contributed by atoms with Crippen LogP contribution in [0.4, 0.5) is 4.39 Å². The average molecular weight is 245 g/mol. The minimum Gasteiger partial charge on any atom is -0.489 e. The molecule has 0 unspecified atom stereocenters. The molecule has 4 heteroatoms. The van der Waals surface area contributed by atoms with Gasteiger partial charge in [-0.2, -0.15) is 0 Å². The van der Waals surface area contributed by atoms with Crippen LogP contribution in [0.1, 0.15) is 11.1 Å². The molecule has 0 heterocycles. The highest BCUT2D eigenvalue weighted by atomic mass is 19.1. The van der Waals surface area contributed by atoms with Crippen LogP contribution in [0.5, 0.6) is 5.75 Å². The predicted octanol–water partition coefficient (Wildman–Crippen LogP) is 3.21. The molecule has 2 rings (SSSR count). The summed E-state index contributed by atoms with van der Waals surface area (Å²) in [6.45, 7) is 0.361. The lowest BCUT2D eigenvalue weighted by molar-refractivity contribution is 0.306. The first kappa shape index (κ1) is 12.1. The molecule has 2 aromatic rings. The molecular formula is C14H12FNO2. The van der Waals surface area contributed by atoms with Gasteiger partial charge < -0.3 is 9.94 Å². The van der Waals surface area contributed by atoms with E-state index in [2.05, 4.69) is 5.16 Å². The number of benzene rings is 2. The van der Waals surface area contributed by atoms with Gasteiger partial charge in [0.2, 0.25) is 0 Å². The largest absolute Gasteiger partial charge is 0.489 e. The van der Waals surface area contributed by atoms with Crippen LogP contribution >= 0.6 is 0 Å². The highest BCUT2D eigenvalue weighted by Gasteiger charge is 1.98. The monoisotopic (exact) mass is 245 g/mol. The van der Waals surface area contributed by atoms with Gasteiger partial charge in [-0.25, -0.2) is 4.39 Å². The summed E-state index contributed by atoms with van der Waals surface area (Å²) < 4.78 is 18.3. The summed E-state index contributed by atoms with van der Waals surface area (Å²) in [5.41, 5.74) is 1.63. The third-order valence-electron chi connectivity index (χ3n) is 2.38. The van der Waals surface area contributed by atoms with Gasteiger partial charge in [-0.1, -0.05) is 29.4 Å². The summed E-state index contributed by atoms with van der Waals surface area (Å²) in [6.07, 6.45) is 1.32. The second-order valence-electron chi connectivity index (χ2n) is 3.73. The van der Waals surface area contributed by atoms with Crippen molar-refractivity contribution in [3.05, 3.63) is 65.5 Å². The fourth-order valence-electron chi connectivity index (χ4n) is 1.50. The van der Waals surface area contributed by atoms with Crippen molar-refractivity contribution in [1.82, 2.24) is 0 Å². The fourth-order valence-corrected chi connectivity index (χ4v) is 1.50. The van der Waals surface area contributed by atoms with Gasteiger partial charge in [0, 0.05) is 0 Å². The van der Waals surface area contributed by atoms with Gasteiger partial charge in [-0.05, 0) is 35.4 Å². The van der Waals surface area contributed by atoms with E-state index in [1.54, 1.807) is 36.4 Å². The third kappa shape index (κ3) is 3.31. The molecule has 0 aliphatic carbocycles. The van der Waals surface area contributed by atoms with Crippen molar-refractivity contribution in [3.8, 4) is 5.75 Å². The van der Waals surface area contributed by atoms with E-state index in [1.807, 2.05) is 0 Å². The SMILES string of the molecule is O/N=C/c1cccc(OCc2ccc(F)cc2)c1. The second kappa shape index (κ2) is 5.82. The van der Waals surface area contributed by atoms with E-state index in [1.165, 1.54) is 18.3 Å². The Labute approximate surface area is 104 Å². The number of hydrogen-bond acceptors (Lipinski definition) is 3. The van der Waals surface area contributed by atoms with Gasteiger partial charge in [0.15, 0.2) is 0 Å². The molecule has 3 nitrogen and oxygen atoms in total. The van der Waals surface area contributed by atoms with Crippen molar-refractivity contribution < 1.29 is 14.3 Å². The normalized spacial score (nSPS) is 10.7. The molecule has 0 atom stereocenters. The van der Waals surface area contributed by atoms with Gasteiger partial charge >= 0.3 is 0 Å². The molecule has 0 aromatic heterocycles. The summed E-state index contributed by atoms with van der Waals surface area (Å²) in [7, 11) is 0. The topological polar surface area (TPSA) is 41.8 Å². The number of nitrogens with zero attached hydrogens (tertiary/aromatic N) is 1. The van der Waals surface area contributed by atoms with Crippen LogP contribution in [0.15, 0.2) is 53.7 Å². The molecule has 0 aliphatic rings. The third-order valence-corrected chi connectivity index (χ3v) is 2.38. The van der Waals surface area contributed by atoms with E-state index in [4.69, 9.17) is 9.94 Å².